The molecular weight excluding hydrogens is 432 g/mol. The molecule has 2 heterocycles. The van der Waals surface area contributed by atoms with Crippen molar-refractivity contribution in [2.45, 2.75) is 19.4 Å². The maximum Gasteiger partial charge on any atom is 0.238 e. The highest BCUT2D eigenvalue weighted by molar-refractivity contribution is 7.10. The Balaban J connectivity index is 1.63. The molecule has 31 heavy (non-hydrogen) atoms. The van der Waals surface area contributed by atoms with Crippen molar-refractivity contribution in [2.75, 3.05) is 32.6 Å². The molecule has 0 bridgehead atoms. The zero-order valence-corrected chi connectivity index (χ0v) is 19.3. The molecule has 1 aliphatic rings. The normalized spacial score (nSPS) is 15.9. The van der Waals surface area contributed by atoms with Gasteiger partial charge in [0.15, 0.2) is 11.5 Å². The molecule has 0 spiro atoms. The number of thiophene rings is 1. The van der Waals surface area contributed by atoms with Crippen LogP contribution in [-0.4, -0.2) is 38.1 Å². The van der Waals surface area contributed by atoms with Gasteiger partial charge in [0, 0.05) is 22.1 Å². The number of fused-ring (bicyclic) bond motifs is 1. The zero-order chi connectivity index (χ0) is 22.0. The summed E-state index contributed by atoms with van der Waals surface area (Å²) in [6.07, 6.45) is 0.834. The summed E-state index contributed by atoms with van der Waals surface area (Å²) in [6.45, 7) is 2.96. The van der Waals surface area contributed by atoms with E-state index in [0.717, 1.165) is 35.5 Å². The van der Waals surface area contributed by atoms with E-state index in [-0.39, 0.29) is 18.5 Å². The quantitative estimate of drug-likeness (QED) is 0.545. The van der Waals surface area contributed by atoms with Crippen molar-refractivity contribution in [3.8, 4) is 11.5 Å². The molecule has 3 aromatic rings. The van der Waals surface area contributed by atoms with Crippen LogP contribution in [0.3, 0.4) is 0 Å². The Morgan fingerprint density at radius 3 is 2.68 bits per heavy atom. The molecule has 162 valence electrons. The minimum Gasteiger partial charge on any atom is -0.493 e. The van der Waals surface area contributed by atoms with E-state index in [0.29, 0.717) is 10.8 Å². The predicted octanol–water partition coefficient (Wildman–Crippen LogP) is 5.31. The second-order valence-electron chi connectivity index (χ2n) is 7.51. The van der Waals surface area contributed by atoms with Gasteiger partial charge in [0.05, 0.1) is 26.8 Å². The van der Waals surface area contributed by atoms with Crippen LogP contribution in [0.2, 0.25) is 5.02 Å². The Hall–Kier alpha value is -2.54. The monoisotopic (exact) mass is 456 g/mol. The number of methoxy groups -OCH3 is 2. The number of nitrogens with zero attached hydrogens (tertiary/aromatic N) is 1. The highest BCUT2D eigenvalue weighted by atomic mass is 35.5. The number of hydrogen-bond donors (Lipinski definition) is 1. The van der Waals surface area contributed by atoms with Gasteiger partial charge in [0.2, 0.25) is 5.91 Å². The molecule has 1 amide bonds. The first-order valence-corrected chi connectivity index (χ1v) is 11.3. The van der Waals surface area contributed by atoms with Crippen molar-refractivity contribution in [3.05, 3.63) is 74.4 Å². The van der Waals surface area contributed by atoms with Crippen molar-refractivity contribution in [3.63, 3.8) is 0 Å². The maximum atomic E-state index is 13.0. The molecule has 1 N–H and O–H groups in total. The van der Waals surface area contributed by atoms with Crippen LogP contribution in [0.25, 0.3) is 0 Å². The summed E-state index contributed by atoms with van der Waals surface area (Å²) in [6, 6.07) is 13.8. The molecule has 0 fully saturated rings. The Kier molecular flexibility index (Phi) is 6.51. The minimum absolute atomic E-state index is 0.0187. The second kappa shape index (κ2) is 9.30. The average molecular weight is 457 g/mol. The molecule has 1 aliphatic heterocycles. The Morgan fingerprint density at radius 1 is 1.19 bits per heavy atom. The largest absolute Gasteiger partial charge is 0.493 e. The van der Waals surface area contributed by atoms with Gasteiger partial charge >= 0.3 is 0 Å². The number of rotatable bonds is 6. The van der Waals surface area contributed by atoms with Crippen LogP contribution in [-0.2, 0) is 11.2 Å². The number of halogens is 1. The number of carbonyl (C=O) groups excluding carboxylic acids is 1. The first kappa shape index (κ1) is 21.7. The summed E-state index contributed by atoms with van der Waals surface area (Å²) in [7, 11) is 3.30. The number of carbonyl (C=O) groups is 1. The number of anilines is 1. The smallest absolute Gasteiger partial charge is 0.238 e. The van der Waals surface area contributed by atoms with E-state index < -0.39 is 0 Å². The van der Waals surface area contributed by atoms with Gasteiger partial charge in [-0.05, 0) is 65.7 Å². The third-order valence-electron chi connectivity index (χ3n) is 5.67. The molecule has 5 nitrogen and oxygen atoms in total. The molecule has 1 aromatic heterocycles. The van der Waals surface area contributed by atoms with E-state index >= 15 is 0 Å². The molecule has 1 unspecified atom stereocenters. The van der Waals surface area contributed by atoms with Crippen molar-refractivity contribution in [1.29, 1.82) is 0 Å². The third-order valence-corrected chi connectivity index (χ3v) is 7.01. The van der Waals surface area contributed by atoms with Crippen molar-refractivity contribution < 1.29 is 14.3 Å². The molecule has 4 rings (SSSR count). The van der Waals surface area contributed by atoms with Gasteiger partial charge in [-0.3, -0.25) is 9.69 Å². The Labute approximate surface area is 191 Å². The van der Waals surface area contributed by atoms with Gasteiger partial charge in [0.25, 0.3) is 0 Å². The van der Waals surface area contributed by atoms with Crippen LogP contribution in [0.15, 0.2) is 47.8 Å². The summed E-state index contributed by atoms with van der Waals surface area (Å²) in [5, 5.41) is 5.73. The van der Waals surface area contributed by atoms with Gasteiger partial charge in [0.1, 0.15) is 0 Å². The van der Waals surface area contributed by atoms with Crippen molar-refractivity contribution in [2.24, 2.45) is 0 Å². The summed E-state index contributed by atoms with van der Waals surface area (Å²) < 4.78 is 11.1. The lowest BCUT2D eigenvalue weighted by Gasteiger charge is -2.37. The summed E-state index contributed by atoms with van der Waals surface area (Å²) in [4.78, 5) is 16.4. The van der Waals surface area contributed by atoms with Gasteiger partial charge in [-0.2, -0.15) is 0 Å². The molecular formula is C24H25ClN2O3S. The second-order valence-corrected chi connectivity index (χ2v) is 8.89. The zero-order valence-electron chi connectivity index (χ0n) is 17.8. The van der Waals surface area contributed by atoms with Crippen LogP contribution in [0, 0.1) is 6.92 Å². The molecule has 0 saturated carbocycles. The summed E-state index contributed by atoms with van der Waals surface area (Å²) >= 11 is 7.90. The Morgan fingerprint density at radius 2 is 1.97 bits per heavy atom. The number of ether oxygens (including phenoxy) is 2. The van der Waals surface area contributed by atoms with E-state index in [2.05, 4.69) is 27.7 Å². The fraction of sp³-hybridized carbons (Fsp3) is 0.292. The first-order chi connectivity index (χ1) is 15.0. The predicted molar refractivity (Wildman–Crippen MR) is 126 cm³/mol. The molecule has 2 aromatic carbocycles. The van der Waals surface area contributed by atoms with Gasteiger partial charge in [-0.1, -0.05) is 23.7 Å². The number of amides is 1. The van der Waals surface area contributed by atoms with Gasteiger partial charge in [-0.25, -0.2) is 0 Å². The van der Waals surface area contributed by atoms with Crippen LogP contribution in [0.5, 0.6) is 11.5 Å². The fourth-order valence-corrected chi connectivity index (χ4v) is 5.12. The van der Waals surface area contributed by atoms with Crippen LogP contribution in [0.1, 0.15) is 27.6 Å². The van der Waals surface area contributed by atoms with E-state index in [4.69, 9.17) is 21.1 Å². The van der Waals surface area contributed by atoms with Crippen LogP contribution >= 0.6 is 22.9 Å². The lowest BCUT2D eigenvalue weighted by atomic mass is 9.91. The highest BCUT2D eigenvalue weighted by Gasteiger charge is 2.32. The third kappa shape index (κ3) is 4.42. The van der Waals surface area contributed by atoms with Crippen molar-refractivity contribution >= 4 is 34.5 Å². The maximum absolute atomic E-state index is 13.0. The van der Waals surface area contributed by atoms with E-state index in [1.807, 2.05) is 37.3 Å². The molecule has 0 radical (unpaired) electrons. The molecule has 0 saturated heterocycles. The number of nitrogens with one attached hydrogen (secondary N) is 1. The van der Waals surface area contributed by atoms with Crippen molar-refractivity contribution in [1.82, 2.24) is 4.90 Å². The van der Waals surface area contributed by atoms with Gasteiger partial charge in [-0.15, -0.1) is 11.3 Å². The van der Waals surface area contributed by atoms with Gasteiger partial charge < -0.3 is 14.8 Å². The van der Waals surface area contributed by atoms with Crippen LogP contribution in [0.4, 0.5) is 5.69 Å². The number of hydrogen-bond acceptors (Lipinski definition) is 5. The topological polar surface area (TPSA) is 50.8 Å². The number of benzene rings is 2. The van der Waals surface area contributed by atoms with E-state index in [9.17, 15) is 4.79 Å². The minimum atomic E-state index is -0.0594. The van der Waals surface area contributed by atoms with E-state index in [1.165, 1.54) is 10.4 Å². The summed E-state index contributed by atoms with van der Waals surface area (Å²) in [5.74, 6) is 1.37. The fourth-order valence-electron chi connectivity index (χ4n) is 4.07. The Bertz CT molecular complexity index is 1080. The average Bonchev–Trinajstić information content (AvgIpc) is 3.30. The lowest BCUT2D eigenvalue weighted by Crippen LogP contribution is -2.41. The standard InChI is InChI=1S/C24H25ClN2O3S/c1-15-18(25)6-4-7-19(15)26-23(28)14-27-10-9-16-12-20(29-2)21(30-3)13-17(16)24(27)22-8-5-11-31-22/h4-8,11-13,24H,9-10,14H2,1-3H3,(H,26,28). The summed E-state index contributed by atoms with van der Waals surface area (Å²) in [5.41, 5.74) is 3.98. The molecule has 1 atom stereocenters. The van der Waals surface area contributed by atoms with E-state index in [1.54, 1.807) is 25.6 Å². The molecule has 0 aliphatic carbocycles. The van der Waals surface area contributed by atoms with Crippen LogP contribution < -0.4 is 14.8 Å². The highest BCUT2D eigenvalue weighted by Crippen LogP contribution is 2.42. The molecule has 7 heteroatoms. The lowest BCUT2D eigenvalue weighted by molar-refractivity contribution is -0.117. The first-order valence-electron chi connectivity index (χ1n) is 10.1. The SMILES string of the molecule is COc1cc2c(cc1OC)C(c1cccs1)N(CC(=O)Nc1cccc(Cl)c1C)CC2.